The van der Waals surface area contributed by atoms with Gasteiger partial charge in [0.1, 0.15) is 0 Å². The zero-order valence-corrected chi connectivity index (χ0v) is 9.48. The molecule has 1 atom stereocenters. The van der Waals surface area contributed by atoms with Crippen LogP contribution < -0.4 is 5.73 Å². The first-order valence-corrected chi connectivity index (χ1v) is 5.48. The fraction of sp³-hybridized carbons (Fsp3) is 0.636. The van der Waals surface area contributed by atoms with Gasteiger partial charge in [-0.1, -0.05) is 13.0 Å². The maximum absolute atomic E-state index is 10.9. The topological polar surface area (TPSA) is 83.6 Å². The first-order valence-electron chi connectivity index (χ1n) is 5.48. The van der Waals surface area contributed by atoms with Gasteiger partial charge in [0.2, 0.25) is 5.91 Å². The zero-order valence-electron chi connectivity index (χ0n) is 9.48. The van der Waals surface area contributed by atoms with E-state index in [9.17, 15) is 9.59 Å². The molecule has 0 aromatic carbocycles. The number of carbonyl (C=O) groups excluding carboxylic acids is 1. The summed E-state index contributed by atoms with van der Waals surface area (Å²) in [5.41, 5.74) is 5.63. The number of aliphatic carboxylic acids is 1. The molecule has 1 fully saturated rings. The number of carboxylic acids is 1. The van der Waals surface area contributed by atoms with Gasteiger partial charge in [0.15, 0.2) is 0 Å². The Morgan fingerprint density at radius 2 is 2.25 bits per heavy atom. The Morgan fingerprint density at radius 1 is 1.56 bits per heavy atom. The average molecular weight is 226 g/mol. The summed E-state index contributed by atoms with van der Waals surface area (Å²) in [6.07, 6.45) is 3.01. The van der Waals surface area contributed by atoms with Crippen LogP contribution in [-0.2, 0) is 9.59 Å². The molecule has 1 aliphatic heterocycles. The molecule has 0 spiro atoms. The summed E-state index contributed by atoms with van der Waals surface area (Å²) >= 11 is 0. The van der Waals surface area contributed by atoms with Gasteiger partial charge in [0.05, 0.1) is 5.92 Å². The summed E-state index contributed by atoms with van der Waals surface area (Å²) in [5.74, 6) is -1.21. The second-order valence-electron chi connectivity index (χ2n) is 4.04. The van der Waals surface area contributed by atoms with Crippen molar-refractivity contribution < 1.29 is 14.7 Å². The third-order valence-corrected chi connectivity index (χ3v) is 2.93. The third-order valence-electron chi connectivity index (χ3n) is 2.93. The summed E-state index contributed by atoms with van der Waals surface area (Å²) in [4.78, 5) is 23.7. The number of carbonyl (C=O) groups is 2. The van der Waals surface area contributed by atoms with E-state index in [-0.39, 0.29) is 11.8 Å². The summed E-state index contributed by atoms with van der Waals surface area (Å²) < 4.78 is 0. The van der Waals surface area contributed by atoms with Crippen LogP contribution in [-0.4, -0.2) is 41.5 Å². The van der Waals surface area contributed by atoms with Crippen molar-refractivity contribution in [2.75, 3.05) is 19.6 Å². The predicted molar refractivity (Wildman–Crippen MR) is 59.8 cm³/mol. The lowest BCUT2D eigenvalue weighted by Crippen LogP contribution is -2.27. The molecule has 0 bridgehead atoms. The van der Waals surface area contributed by atoms with Crippen molar-refractivity contribution in [2.24, 2.45) is 11.7 Å². The van der Waals surface area contributed by atoms with Crippen LogP contribution in [0.4, 0.5) is 0 Å². The molecule has 1 amide bonds. The Balaban J connectivity index is 2.45. The van der Waals surface area contributed by atoms with Crippen molar-refractivity contribution in [1.29, 1.82) is 0 Å². The Kier molecular flexibility index (Phi) is 4.49. The molecule has 5 nitrogen and oxygen atoms in total. The molecule has 1 saturated heterocycles. The molecule has 0 saturated carbocycles. The molecule has 5 heteroatoms. The number of primary amides is 1. The van der Waals surface area contributed by atoms with Crippen LogP contribution in [0.3, 0.4) is 0 Å². The van der Waals surface area contributed by atoms with Crippen molar-refractivity contribution >= 4 is 11.9 Å². The molecule has 3 N–H and O–H groups in total. The number of rotatable bonds is 5. The Morgan fingerprint density at radius 3 is 2.69 bits per heavy atom. The van der Waals surface area contributed by atoms with E-state index >= 15 is 0 Å². The normalized spacial score (nSPS) is 22.3. The first kappa shape index (κ1) is 12.7. The molecular weight excluding hydrogens is 208 g/mol. The molecule has 16 heavy (non-hydrogen) atoms. The standard InChI is InChI=1S/C11H18N2O3/c1-2-8(11(15)16)3-5-13-6-4-9(7-13)10(12)14/h3,9H,2,4-7H2,1H3,(H2,12,14)(H,15,16). The molecule has 1 aliphatic rings. The molecule has 1 rings (SSSR count). The highest BCUT2D eigenvalue weighted by molar-refractivity contribution is 5.86. The van der Waals surface area contributed by atoms with Crippen LogP contribution in [0, 0.1) is 5.92 Å². The predicted octanol–water partition coefficient (Wildman–Crippen LogP) is 0.215. The number of nitrogens with zero attached hydrogens (tertiary/aromatic N) is 1. The fourth-order valence-corrected chi connectivity index (χ4v) is 1.85. The molecule has 0 radical (unpaired) electrons. The minimum Gasteiger partial charge on any atom is -0.478 e. The van der Waals surface area contributed by atoms with Gasteiger partial charge in [-0.3, -0.25) is 9.69 Å². The lowest BCUT2D eigenvalue weighted by Gasteiger charge is -2.12. The monoisotopic (exact) mass is 226 g/mol. The van der Waals surface area contributed by atoms with E-state index in [2.05, 4.69) is 0 Å². The van der Waals surface area contributed by atoms with Gasteiger partial charge in [-0.25, -0.2) is 4.79 Å². The van der Waals surface area contributed by atoms with Gasteiger partial charge in [-0.05, 0) is 19.4 Å². The highest BCUT2D eigenvalue weighted by atomic mass is 16.4. The molecular formula is C11H18N2O3. The molecule has 90 valence electrons. The maximum Gasteiger partial charge on any atom is 0.331 e. The van der Waals surface area contributed by atoms with Crippen molar-refractivity contribution in [3.8, 4) is 0 Å². The van der Waals surface area contributed by atoms with E-state index in [0.29, 0.717) is 25.1 Å². The lowest BCUT2D eigenvalue weighted by atomic mass is 10.1. The minimum absolute atomic E-state index is 0.0803. The van der Waals surface area contributed by atoms with Crippen LogP contribution in [0.25, 0.3) is 0 Å². The number of nitrogens with two attached hydrogens (primary N) is 1. The second-order valence-corrected chi connectivity index (χ2v) is 4.04. The van der Waals surface area contributed by atoms with Gasteiger partial charge in [0.25, 0.3) is 0 Å². The van der Waals surface area contributed by atoms with Gasteiger partial charge >= 0.3 is 5.97 Å². The van der Waals surface area contributed by atoms with E-state index in [1.165, 1.54) is 0 Å². The summed E-state index contributed by atoms with van der Waals surface area (Å²) in [5, 5.41) is 8.83. The number of carboxylic acid groups (broad SMARTS) is 1. The lowest BCUT2D eigenvalue weighted by molar-refractivity contribution is -0.132. The first-order chi connectivity index (χ1) is 7.54. The minimum atomic E-state index is -0.867. The van der Waals surface area contributed by atoms with Gasteiger partial charge < -0.3 is 10.8 Å². The molecule has 0 aromatic rings. The van der Waals surface area contributed by atoms with Crippen LogP contribution in [0.5, 0.6) is 0 Å². The van der Waals surface area contributed by atoms with Crippen LogP contribution in [0.2, 0.25) is 0 Å². The van der Waals surface area contributed by atoms with Crippen molar-refractivity contribution in [1.82, 2.24) is 4.90 Å². The Labute approximate surface area is 94.9 Å². The van der Waals surface area contributed by atoms with Crippen molar-refractivity contribution in [2.45, 2.75) is 19.8 Å². The number of hydrogen-bond donors (Lipinski definition) is 2. The molecule has 0 aromatic heterocycles. The highest BCUT2D eigenvalue weighted by Crippen LogP contribution is 2.15. The summed E-state index contributed by atoms with van der Waals surface area (Å²) in [7, 11) is 0. The van der Waals surface area contributed by atoms with Gasteiger partial charge in [0, 0.05) is 18.7 Å². The number of amides is 1. The van der Waals surface area contributed by atoms with E-state index in [0.717, 1.165) is 13.0 Å². The van der Waals surface area contributed by atoms with Crippen LogP contribution in [0.15, 0.2) is 11.6 Å². The number of likely N-dealkylation sites (tertiary alicyclic amines) is 1. The van der Waals surface area contributed by atoms with E-state index in [1.807, 2.05) is 11.8 Å². The van der Waals surface area contributed by atoms with E-state index in [4.69, 9.17) is 10.8 Å². The van der Waals surface area contributed by atoms with E-state index < -0.39 is 5.97 Å². The molecule has 0 aliphatic carbocycles. The van der Waals surface area contributed by atoms with Crippen LogP contribution in [0.1, 0.15) is 19.8 Å². The smallest absolute Gasteiger partial charge is 0.331 e. The Bertz CT molecular complexity index is 312. The zero-order chi connectivity index (χ0) is 12.1. The summed E-state index contributed by atoms with van der Waals surface area (Å²) in [6.45, 7) is 3.85. The maximum atomic E-state index is 10.9. The SMILES string of the molecule is CCC(=CCN1CCC(C(N)=O)C1)C(=O)O. The fourth-order valence-electron chi connectivity index (χ4n) is 1.85. The van der Waals surface area contributed by atoms with E-state index in [1.54, 1.807) is 6.08 Å². The largest absolute Gasteiger partial charge is 0.478 e. The molecule has 1 unspecified atom stereocenters. The van der Waals surface area contributed by atoms with Crippen molar-refractivity contribution in [3.63, 3.8) is 0 Å². The third kappa shape index (κ3) is 3.34. The van der Waals surface area contributed by atoms with Gasteiger partial charge in [-0.2, -0.15) is 0 Å². The second kappa shape index (κ2) is 5.65. The van der Waals surface area contributed by atoms with Gasteiger partial charge in [-0.15, -0.1) is 0 Å². The Hall–Kier alpha value is -1.36. The van der Waals surface area contributed by atoms with Crippen molar-refractivity contribution in [3.05, 3.63) is 11.6 Å². The highest BCUT2D eigenvalue weighted by Gasteiger charge is 2.25. The molecule has 1 heterocycles. The van der Waals surface area contributed by atoms with Crippen LogP contribution >= 0.6 is 0 Å². The number of hydrogen-bond acceptors (Lipinski definition) is 3. The quantitative estimate of drug-likeness (QED) is 0.657. The average Bonchev–Trinajstić information content (AvgIpc) is 2.67. The summed E-state index contributed by atoms with van der Waals surface area (Å²) in [6, 6.07) is 0.